The molecule has 5 heteroatoms. The maximum Gasteiger partial charge on any atom is 0.124 e. The smallest absolute Gasteiger partial charge is 0.124 e. The lowest BCUT2D eigenvalue weighted by molar-refractivity contribution is 0.134. The van der Waals surface area contributed by atoms with E-state index in [9.17, 15) is 4.39 Å². The molecule has 0 spiro atoms. The number of benzene rings is 1. The van der Waals surface area contributed by atoms with Gasteiger partial charge in [0.25, 0.3) is 0 Å². The maximum atomic E-state index is 13.1. The van der Waals surface area contributed by atoms with Gasteiger partial charge in [-0.05, 0) is 50.0 Å². The van der Waals surface area contributed by atoms with Crippen LogP contribution in [0.4, 0.5) is 4.39 Å². The Bertz CT molecular complexity index is 401. The molecule has 1 fully saturated rings. The minimum Gasteiger partial charge on any atom is -0.330 e. The highest BCUT2D eigenvalue weighted by Crippen LogP contribution is 2.25. The summed E-state index contributed by atoms with van der Waals surface area (Å²) in [6, 6.07) is 5.52. The average molecular weight is 352 g/mol. The first-order valence-corrected chi connectivity index (χ1v) is 7.38. The van der Waals surface area contributed by atoms with Gasteiger partial charge in [-0.3, -0.25) is 4.90 Å². The topological polar surface area (TPSA) is 29.3 Å². The first-order valence-electron chi connectivity index (χ1n) is 6.58. The van der Waals surface area contributed by atoms with Crippen LogP contribution in [0, 0.1) is 5.82 Å². The van der Waals surface area contributed by atoms with E-state index in [0.29, 0.717) is 6.04 Å². The third-order valence-electron chi connectivity index (χ3n) is 3.64. The average Bonchev–Trinajstić information content (AvgIpc) is 2.35. The number of nitrogens with two attached hydrogens (primary N) is 1. The molecular formula is C14H21BrClFN2. The predicted molar refractivity (Wildman–Crippen MR) is 83.1 cm³/mol. The van der Waals surface area contributed by atoms with Gasteiger partial charge >= 0.3 is 0 Å². The van der Waals surface area contributed by atoms with E-state index in [1.807, 2.05) is 6.07 Å². The normalized spacial score (nSPS) is 20.1. The van der Waals surface area contributed by atoms with Crippen molar-refractivity contribution in [2.45, 2.75) is 38.3 Å². The Morgan fingerprint density at radius 3 is 2.84 bits per heavy atom. The number of likely N-dealkylation sites (tertiary alicyclic amines) is 1. The van der Waals surface area contributed by atoms with Gasteiger partial charge < -0.3 is 5.73 Å². The Balaban J connectivity index is 0.00000180. The second-order valence-corrected chi connectivity index (χ2v) is 5.79. The molecule has 108 valence electrons. The molecular weight excluding hydrogens is 331 g/mol. The Morgan fingerprint density at radius 1 is 1.37 bits per heavy atom. The van der Waals surface area contributed by atoms with Gasteiger partial charge in [-0.25, -0.2) is 4.39 Å². The lowest BCUT2D eigenvalue weighted by atomic mass is 9.98. The molecule has 1 heterocycles. The van der Waals surface area contributed by atoms with Crippen molar-refractivity contribution in [3.05, 3.63) is 34.1 Å². The van der Waals surface area contributed by atoms with Crippen LogP contribution in [0.1, 0.15) is 31.2 Å². The number of hydrogen-bond donors (Lipinski definition) is 1. The Kier molecular flexibility index (Phi) is 7.29. The molecule has 0 aliphatic carbocycles. The van der Waals surface area contributed by atoms with E-state index >= 15 is 0 Å². The zero-order chi connectivity index (χ0) is 13.0. The first kappa shape index (κ1) is 16.9. The van der Waals surface area contributed by atoms with Crippen molar-refractivity contribution in [3.8, 4) is 0 Å². The summed E-state index contributed by atoms with van der Waals surface area (Å²) in [5, 5.41) is 0. The molecule has 1 aliphatic heterocycles. The van der Waals surface area contributed by atoms with Gasteiger partial charge in [0.15, 0.2) is 0 Å². The number of halogens is 3. The molecule has 1 unspecified atom stereocenters. The van der Waals surface area contributed by atoms with E-state index in [4.69, 9.17) is 5.73 Å². The summed E-state index contributed by atoms with van der Waals surface area (Å²) in [6.45, 7) is 2.74. The summed E-state index contributed by atoms with van der Waals surface area (Å²) < 4.78 is 13.9. The summed E-state index contributed by atoms with van der Waals surface area (Å²) in [7, 11) is 0. The van der Waals surface area contributed by atoms with Crippen molar-refractivity contribution >= 4 is 28.3 Å². The van der Waals surface area contributed by atoms with Crippen LogP contribution in [0.25, 0.3) is 0 Å². The lowest BCUT2D eigenvalue weighted by Crippen LogP contribution is -2.40. The second-order valence-electron chi connectivity index (χ2n) is 4.93. The molecule has 1 saturated heterocycles. The lowest BCUT2D eigenvalue weighted by Gasteiger charge is -2.35. The van der Waals surface area contributed by atoms with Gasteiger partial charge in [0.2, 0.25) is 0 Å². The van der Waals surface area contributed by atoms with E-state index in [2.05, 4.69) is 20.8 Å². The summed E-state index contributed by atoms with van der Waals surface area (Å²) in [5.74, 6) is -0.192. The molecule has 2 nitrogen and oxygen atoms in total. The van der Waals surface area contributed by atoms with Gasteiger partial charge in [-0.1, -0.05) is 28.4 Å². The van der Waals surface area contributed by atoms with Crippen molar-refractivity contribution < 1.29 is 4.39 Å². The summed E-state index contributed by atoms with van der Waals surface area (Å²) in [5.41, 5.74) is 6.83. The fourth-order valence-corrected chi connectivity index (χ4v) is 3.13. The fraction of sp³-hybridized carbons (Fsp3) is 0.571. The Labute approximate surface area is 129 Å². The largest absolute Gasteiger partial charge is 0.330 e. The van der Waals surface area contributed by atoms with E-state index in [1.54, 1.807) is 0 Å². The Hall–Kier alpha value is -0.160. The van der Waals surface area contributed by atoms with Crippen LogP contribution in [-0.4, -0.2) is 24.0 Å². The van der Waals surface area contributed by atoms with Crippen molar-refractivity contribution in [2.24, 2.45) is 5.73 Å². The molecule has 2 rings (SSSR count). The van der Waals surface area contributed by atoms with E-state index in [1.165, 1.54) is 31.4 Å². The van der Waals surface area contributed by atoms with Crippen LogP contribution >= 0.6 is 28.3 Å². The third kappa shape index (κ3) is 4.71. The standard InChI is InChI=1S/C14H20BrFN2.ClH/c15-14-9-12(16)5-4-11(14)10-18-8-2-1-3-13(18)6-7-17;/h4-5,9,13H,1-3,6-8,10,17H2;1H. The van der Waals surface area contributed by atoms with Crippen LogP contribution in [0.15, 0.2) is 22.7 Å². The summed E-state index contributed by atoms with van der Waals surface area (Å²) in [4.78, 5) is 2.48. The van der Waals surface area contributed by atoms with E-state index < -0.39 is 0 Å². The van der Waals surface area contributed by atoms with E-state index in [-0.39, 0.29) is 18.2 Å². The highest BCUT2D eigenvalue weighted by atomic mass is 79.9. The summed E-state index contributed by atoms with van der Waals surface area (Å²) >= 11 is 3.44. The molecule has 2 N–H and O–H groups in total. The molecule has 0 amide bonds. The second kappa shape index (κ2) is 8.20. The monoisotopic (exact) mass is 350 g/mol. The molecule has 0 radical (unpaired) electrons. The van der Waals surface area contributed by atoms with Crippen molar-refractivity contribution in [3.63, 3.8) is 0 Å². The molecule has 19 heavy (non-hydrogen) atoms. The molecule has 0 bridgehead atoms. The maximum absolute atomic E-state index is 13.1. The van der Waals surface area contributed by atoms with Gasteiger partial charge in [-0.15, -0.1) is 12.4 Å². The van der Waals surface area contributed by atoms with Gasteiger partial charge in [0.1, 0.15) is 5.82 Å². The number of piperidine rings is 1. The van der Waals surface area contributed by atoms with Crippen LogP contribution in [0.2, 0.25) is 0 Å². The number of nitrogens with zero attached hydrogens (tertiary/aromatic N) is 1. The van der Waals surface area contributed by atoms with Gasteiger partial charge in [0, 0.05) is 17.1 Å². The molecule has 1 aromatic rings. The van der Waals surface area contributed by atoms with Crippen LogP contribution in [-0.2, 0) is 6.54 Å². The quantitative estimate of drug-likeness (QED) is 0.896. The van der Waals surface area contributed by atoms with E-state index in [0.717, 1.165) is 36.1 Å². The molecule has 1 atom stereocenters. The minimum atomic E-state index is -0.192. The molecule has 0 saturated carbocycles. The number of rotatable bonds is 4. The predicted octanol–water partition coefficient (Wildman–Crippen LogP) is 3.71. The minimum absolute atomic E-state index is 0. The van der Waals surface area contributed by atoms with Crippen LogP contribution in [0.5, 0.6) is 0 Å². The highest BCUT2D eigenvalue weighted by molar-refractivity contribution is 9.10. The molecule has 1 aromatic carbocycles. The molecule has 0 aromatic heterocycles. The number of hydrogen-bond acceptors (Lipinski definition) is 2. The van der Waals surface area contributed by atoms with Gasteiger partial charge in [0.05, 0.1) is 0 Å². The van der Waals surface area contributed by atoms with Crippen molar-refractivity contribution in [1.29, 1.82) is 0 Å². The van der Waals surface area contributed by atoms with Gasteiger partial charge in [-0.2, -0.15) is 0 Å². The first-order chi connectivity index (χ1) is 8.70. The summed E-state index contributed by atoms with van der Waals surface area (Å²) in [6.07, 6.45) is 4.83. The zero-order valence-corrected chi connectivity index (χ0v) is 13.4. The molecule has 1 aliphatic rings. The Morgan fingerprint density at radius 2 is 2.16 bits per heavy atom. The van der Waals surface area contributed by atoms with Crippen molar-refractivity contribution in [1.82, 2.24) is 4.90 Å². The van der Waals surface area contributed by atoms with Crippen LogP contribution < -0.4 is 5.73 Å². The zero-order valence-electron chi connectivity index (χ0n) is 10.9. The third-order valence-corrected chi connectivity index (χ3v) is 4.38. The SMILES string of the molecule is Cl.NCCC1CCCCN1Cc1ccc(F)cc1Br. The van der Waals surface area contributed by atoms with Crippen LogP contribution in [0.3, 0.4) is 0 Å². The fourth-order valence-electron chi connectivity index (χ4n) is 2.66. The van der Waals surface area contributed by atoms with Crippen molar-refractivity contribution in [2.75, 3.05) is 13.1 Å². The highest BCUT2D eigenvalue weighted by Gasteiger charge is 2.22.